The molecule has 2 aliphatic carbocycles. The molecular formula is C12H20N6O. The quantitative estimate of drug-likeness (QED) is 0.559. The molecule has 0 aromatic carbocycles. The predicted octanol–water partition coefficient (Wildman–Crippen LogP) is 0.935. The van der Waals surface area contributed by atoms with Crippen molar-refractivity contribution in [3.05, 3.63) is 0 Å². The molecule has 2 fully saturated rings. The second-order valence-corrected chi connectivity index (χ2v) is 5.15. The zero-order valence-electron chi connectivity index (χ0n) is 11.2. The Hall–Kier alpha value is -1.63. The first-order valence-electron chi connectivity index (χ1n) is 6.92. The second kappa shape index (κ2) is 5.16. The van der Waals surface area contributed by atoms with Crippen molar-refractivity contribution in [1.29, 1.82) is 0 Å². The number of hydrogen-bond donors (Lipinski definition) is 2. The lowest BCUT2D eigenvalue weighted by molar-refractivity contribution is 0.312. The summed E-state index contributed by atoms with van der Waals surface area (Å²) in [6.45, 7) is 3.46. The van der Waals surface area contributed by atoms with E-state index < -0.39 is 0 Å². The van der Waals surface area contributed by atoms with E-state index in [0.29, 0.717) is 30.6 Å². The van der Waals surface area contributed by atoms with Crippen molar-refractivity contribution >= 4 is 11.9 Å². The van der Waals surface area contributed by atoms with Crippen LogP contribution in [0.2, 0.25) is 0 Å². The van der Waals surface area contributed by atoms with Gasteiger partial charge in [-0.3, -0.25) is 5.43 Å². The van der Waals surface area contributed by atoms with Gasteiger partial charge in [0.25, 0.3) is 0 Å². The van der Waals surface area contributed by atoms with E-state index in [1.807, 2.05) is 6.92 Å². The highest BCUT2D eigenvalue weighted by Crippen LogP contribution is 2.36. The largest absolute Gasteiger partial charge is 0.464 e. The van der Waals surface area contributed by atoms with E-state index in [0.717, 1.165) is 12.5 Å². The molecule has 7 heteroatoms. The fourth-order valence-electron chi connectivity index (χ4n) is 2.09. The summed E-state index contributed by atoms with van der Waals surface area (Å²) >= 11 is 0. The van der Waals surface area contributed by atoms with Gasteiger partial charge in [0.1, 0.15) is 0 Å². The summed E-state index contributed by atoms with van der Waals surface area (Å²) in [6.07, 6.45) is 5.06. The molecule has 1 aromatic rings. The Labute approximate surface area is 112 Å². The number of nitrogens with one attached hydrogen (secondary N) is 1. The van der Waals surface area contributed by atoms with Gasteiger partial charge in [-0.15, -0.1) is 0 Å². The van der Waals surface area contributed by atoms with E-state index in [-0.39, 0.29) is 0 Å². The maximum atomic E-state index is 5.41. The van der Waals surface area contributed by atoms with Gasteiger partial charge >= 0.3 is 6.01 Å². The number of ether oxygens (including phenoxy) is 1. The molecule has 0 radical (unpaired) electrons. The number of nitrogens with zero attached hydrogens (tertiary/aromatic N) is 4. The van der Waals surface area contributed by atoms with Crippen LogP contribution in [0.4, 0.5) is 11.9 Å². The molecule has 0 bridgehead atoms. The molecule has 7 nitrogen and oxygen atoms in total. The summed E-state index contributed by atoms with van der Waals surface area (Å²) < 4.78 is 5.38. The summed E-state index contributed by atoms with van der Waals surface area (Å²) in [5.74, 6) is 7.24. The maximum absolute atomic E-state index is 5.41. The fourth-order valence-corrected chi connectivity index (χ4v) is 2.09. The number of nitrogen functional groups attached to an aromatic ring is 1. The Balaban J connectivity index is 1.84. The van der Waals surface area contributed by atoms with E-state index in [1.54, 1.807) is 0 Å². The third-order valence-corrected chi connectivity index (χ3v) is 3.40. The minimum atomic E-state index is 0.335. The molecule has 104 valence electrons. The lowest BCUT2D eigenvalue weighted by Gasteiger charge is -2.22. The molecule has 0 spiro atoms. The molecule has 0 unspecified atom stereocenters. The highest BCUT2D eigenvalue weighted by Gasteiger charge is 2.35. The van der Waals surface area contributed by atoms with Crippen molar-refractivity contribution in [2.24, 2.45) is 11.8 Å². The van der Waals surface area contributed by atoms with Gasteiger partial charge in [-0.1, -0.05) is 0 Å². The minimum absolute atomic E-state index is 0.335. The predicted molar refractivity (Wildman–Crippen MR) is 71.9 cm³/mol. The van der Waals surface area contributed by atoms with Gasteiger partial charge in [-0.2, -0.15) is 15.0 Å². The van der Waals surface area contributed by atoms with Crippen LogP contribution in [-0.4, -0.2) is 34.1 Å². The standard InChI is InChI=1S/C12H20N6O/c1-2-19-12-15-10(17-13)14-11(16-12)18(9-5-6-9)7-8-3-4-8/h8-9H,2-7,13H2,1H3,(H,14,15,16,17). The zero-order valence-corrected chi connectivity index (χ0v) is 11.2. The van der Waals surface area contributed by atoms with Gasteiger partial charge in [0.15, 0.2) is 0 Å². The fraction of sp³-hybridized carbons (Fsp3) is 0.750. The third-order valence-electron chi connectivity index (χ3n) is 3.40. The monoisotopic (exact) mass is 264 g/mol. The number of aromatic nitrogens is 3. The molecule has 0 saturated heterocycles. The van der Waals surface area contributed by atoms with Gasteiger partial charge in [0, 0.05) is 12.6 Å². The summed E-state index contributed by atoms with van der Waals surface area (Å²) in [4.78, 5) is 15.1. The smallest absolute Gasteiger partial charge is 0.323 e. The Morgan fingerprint density at radius 2 is 2.05 bits per heavy atom. The Bertz CT molecular complexity index is 446. The van der Waals surface area contributed by atoms with Crippen molar-refractivity contribution in [2.45, 2.75) is 38.6 Å². The summed E-state index contributed by atoms with van der Waals surface area (Å²) in [5, 5.41) is 0. The lowest BCUT2D eigenvalue weighted by Crippen LogP contribution is -2.30. The van der Waals surface area contributed by atoms with E-state index in [2.05, 4.69) is 25.3 Å². The van der Waals surface area contributed by atoms with Crippen molar-refractivity contribution in [1.82, 2.24) is 15.0 Å². The highest BCUT2D eigenvalue weighted by molar-refractivity contribution is 5.40. The second-order valence-electron chi connectivity index (χ2n) is 5.15. The summed E-state index contributed by atoms with van der Waals surface area (Å²) in [5.41, 5.74) is 2.48. The summed E-state index contributed by atoms with van der Waals surface area (Å²) in [7, 11) is 0. The van der Waals surface area contributed by atoms with Crippen LogP contribution >= 0.6 is 0 Å². The van der Waals surface area contributed by atoms with E-state index in [4.69, 9.17) is 10.6 Å². The molecule has 1 heterocycles. The Kier molecular flexibility index (Phi) is 3.37. The zero-order chi connectivity index (χ0) is 13.2. The first-order valence-corrected chi connectivity index (χ1v) is 6.92. The number of hydrazine groups is 1. The third kappa shape index (κ3) is 3.04. The SMILES string of the molecule is CCOc1nc(NN)nc(N(CC2CC2)C2CC2)n1. The first kappa shape index (κ1) is 12.4. The van der Waals surface area contributed by atoms with Crippen LogP contribution in [0.5, 0.6) is 6.01 Å². The van der Waals surface area contributed by atoms with Crippen molar-refractivity contribution in [2.75, 3.05) is 23.5 Å². The van der Waals surface area contributed by atoms with E-state index >= 15 is 0 Å². The van der Waals surface area contributed by atoms with Crippen LogP contribution in [0.1, 0.15) is 32.6 Å². The topological polar surface area (TPSA) is 89.2 Å². The first-order chi connectivity index (χ1) is 9.30. The van der Waals surface area contributed by atoms with Crippen molar-refractivity contribution < 1.29 is 4.74 Å². The molecular weight excluding hydrogens is 244 g/mol. The number of anilines is 2. The Morgan fingerprint density at radius 1 is 1.26 bits per heavy atom. The van der Waals surface area contributed by atoms with Crippen molar-refractivity contribution in [3.63, 3.8) is 0 Å². The maximum Gasteiger partial charge on any atom is 0.323 e. The van der Waals surface area contributed by atoms with Crippen LogP contribution in [0, 0.1) is 5.92 Å². The average molecular weight is 264 g/mol. The van der Waals surface area contributed by atoms with Crippen LogP contribution in [0.25, 0.3) is 0 Å². The molecule has 2 aliphatic rings. The lowest BCUT2D eigenvalue weighted by atomic mass is 10.3. The van der Waals surface area contributed by atoms with E-state index in [1.165, 1.54) is 25.7 Å². The van der Waals surface area contributed by atoms with Crippen LogP contribution in [0.15, 0.2) is 0 Å². The van der Waals surface area contributed by atoms with Crippen LogP contribution < -0.4 is 20.9 Å². The summed E-state index contributed by atoms with van der Waals surface area (Å²) in [6, 6.07) is 0.907. The number of hydrogen-bond acceptors (Lipinski definition) is 7. The Morgan fingerprint density at radius 3 is 2.63 bits per heavy atom. The molecule has 1 aromatic heterocycles. The molecule has 0 aliphatic heterocycles. The van der Waals surface area contributed by atoms with Gasteiger partial charge < -0.3 is 9.64 Å². The minimum Gasteiger partial charge on any atom is -0.464 e. The molecule has 19 heavy (non-hydrogen) atoms. The normalized spacial score (nSPS) is 18.2. The van der Waals surface area contributed by atoms with E-state index in [9.17, 15) is 0 Å². The molecule has 3 N–H and O–H groups in total. The van der Waals surface area contributed by atoms with Crippen LogP contribution in [0.3, 0.4) is 0 Å². The van der Waals surface area contributed by atoms with Gasteiger partial charge in [-0.25, -0.2) is 5.84 Å². The van der Waals surface area contributed by atoms with Gasteiger partial charge in [0.2, 0.25) is 11.9 Å². The van der Waals surface area contributed by atoms with Crippen molar-refractivity contribution in [3.8, 4) is 6.01 Å². The molecule has 3 rings (SSSR count). The molecule has 0 amide bonds. The van der Waals surface area contributed by atoms with Gasteiger partial charge in [0.05, 0.1) is 6.61 Å². The van der Waals surface area contributed by atoms with Crippen LogP contribution in [-0.2, 0) is 0 Å². The highest BCUT2D eigenvalue weighted by atomic mass is 16.5. The number of rotatable bonds is 7. The molecule has 2 saturated carbocycles. The average Bonchev–Trinajstić information content (AvgIpc) is 3.28. The molecule has 0 atom stereocenters. The van der Waals surface area contributed by atoms with Gasteiger partial charge in [-0.05, 0) is 38.5 Å². The number of nitrogens with two attached hydrogens (primary N) is 1.